The van der Waals surface area contributed by atoms with E-state index in [0.717, 1.165) is 19.0 Å². The summed E-state index contributed by atoms with van der Waals surface area (Å²) in [5.41, 5.74) is 1.19. The minimum atomic E-state index is 0. The van der Waals surface area contributed by atoms with Crippen molar-refractivity contribution in [1.82, 2.24) is 20.2 Å². The van der Waals surface area contributed by atoms with Crippen molar-refractivity contribution in [2.45, 2.75) is 25.4 Å². The van der Waals surface area contributed by atoms with Crippen molar-refractivity contribution in [2.75, 3.05) is 39.1 Å². The quantitative estimate of drug-likeness (QED) is 0.899. The maximum absolute atomic E-state index is 4.36. The molecule has 1 fully saturated rings. The fourth-order valence-corrected chi connectivity index (χ4v) is 2.35. The Morgan fingerprint density at radius 3 is 2.63 bits per heavy atom. The number of anilines is 1. The summed E-state index contributed by atoms with van der Waals surface area (Å²) in [6, 6.07) is 0.626. The molecule has 1 aliphatic heterocycles. The molecular weight excluding hydrogens is 262 g/mol. The summed E-state index contributed by atoms with van der Waals surface area (Å²) in [7, 11) is 5.96. The molecule has 0 bridgehead atoms. The first-order chi connectivity index (χ1) is 8.69. The maximum atomic E-state index is 4.36. The molecule has 6 heteroatoms. The lowest BCUT2D eigenvalue weighted by atomic mass is 10.1. The van der Waals surface area contributed by atoms with Gasteiger partial charge in [0.15, 0.2) is 0 Å². The van der Waals surface area contributed by atoms with Gasteiger partial charge in [0, 0.05) is 51.2 Å². The van der Waals surface area contributed by atoms with Gasteiger partial charge in [-0.1, -0.05) is 0 Å². The van der Waals surface area contributed by atoms with Gasteiger partial charge in [0.25, 0.3) is 0 Å². The summed E-state index contributed by atoms with van der Waals surface area (Å²) in [6.45, 7) is 3.24. The third kappa shape index (κ3) is 4.60. The molecule has 108 valence electrons. The van der Waals surface area contributed by atoms with Crippen LogP contribution in [-0.4, -0.2) is 55.1 Å². The van der Waals surface area contributed by atoms with E-state index in [-0.39, 0.29) is 12.4 Å². The Labute approximate surface area is 121 Å². The second kappa shape index (κ2) is 7.62. The fraction of sp³-hybridized carbons (Fsp3) is 0.692. The van der Waals surface area contributed by atoms with E-state index in [1.165, 1.54) is 24.9 Å². The minimum absolute atomic E-state index is 0. The minimum Gasteiger partial charge on any atom is -0.347 e. The zero-order chi connectivity index (χ0) is 13.0. The molecule has 0 amide bonds. The summed E-state index contributed by atoms with van der Waals surface area (Å²) < 4.78 is 0. The van der Waals surface area contributed by atoms with Crippen LogP contribution in [0.25, 0.3) is 0 Å². The predicted molar refractivity (Wildman–Crippen MR) is 81.0 cm³/mol. The second-order valence-corrected chi connectivity index (χ2v) is 5.15. The van der Waals surface area contributed by atoms with Crippen LogP contribution < -0.4 is 10.2 Å². The molecule has 2 rings (SSSR count). The van der Waals surface area contributed by atoms with E-state index in [2.05, 4.69) is 20.2 Å². The predicted octanol–water partition coefficient (Wildman–Crippen LogP) is 1.15. The number of nitrogens with one attached hydrogen (secondary N) is 1. The lowest BCUT2D eigenvalue weighted by Crippen LogP contribution is -2.43. The molecule has 1 aromatic rings. The smallest absolute Gasteiger partial charge is 0.224 e. The van der Waals surface area contributed by atoms with Crippen molar-refractivity contribution < 1.29 is 0 Å². The molecule has 5 nitrogen and oxygen atoms in total. The number of hydrogen-bond donors (Lipinski definition) is 1. The first kappa shape index (κ1) is 16.1. The highest BCUT2D eigenvalue weighted by Gasteiger charge is 2.18. The zero-order valence-electron chi connectivity index (χ0n) is 12.0. The van der Waals surface area contributed by atoms with Crippen LogP contribution in [0, 0.1) is 0 Å². The molecule has 2 heterocycles. The molecule has 19 heavy (non-hydrogen) atoms. The number of hydrogen-bond acceptors (Lipinski definition) is 5. The zero-order valence-corrected chi connectivity index (χ0v) is 12.8. The molecule has 0 spiro atoms. The van der Waals surface area contributed by atoms with Crippen molar-refractivity contribution in [1.29, 1.82) is 0 Å². The van der Waals surface area contributed by atoms with Crippen LogP contribution in [0.5, 0.6) is 0 Å². The highest BCUT2D eigenvalue weighted by atomic mass is 35.5. The van der Waals surface area contributed by atoms with Crippen LogP contribution in [0.3, 0.4) is 0 Å². The van der Waals surface area contributed by atoms with Crippen LogP contribution in [0.2, 0.25) is 0 Å². The maximum Gasteiger partial charge on any atom is 0.224 e. The average Bonchev–Trinajstić information content (AvgIpc) is 2.39. The van der Waals surface area contributed by atoms with Crippen molar-refractivity contribution in [3.05, 3.63) is 18.0 Å². The summed E-state index contributed by atoms with van der Waals surface area (Å²) in [5.74, 6) is 0.769. The summed E-state index contributed by atoms with van der Waals surface area (Å²) in [4.78, 5) is 13.1. The fourth-order valence-electron chi connectivity index (χ4n) is 2.35. The first-order valence-corrected chi connectivity index (χ1v) is 6.57. The van der Waals surface area contributed by atoms with E-state index in [1.54, 1.807) is 0 Å². The molecule has 1 atom stereocenters. The van der Waals surface area contributed by atoms with E-state index < -0.39 is 0 Å². The Morgan fingerprint density at radius 2 is 2.05 bits per heavy atom. The van der Waals surface area contributed by atoms with Gasteiger partial charge in [-0.15, -0.1) is 12.4 Å². The molecule has 0 aromatic carbocycles. The van der Waals surface area contributed by atoms with Crippen molar-refractivity contribution in [2.24, 2.45) is 0 Å². The van der Waals surface area contributed by atoms with Gasteiger partial charge < -0.3 is 10.2 Å². The SMILES string of the molecule is CNC1CCCN(Cc2cnc(N(C)C)nc2)C1.Cl. The number of aromatic nitrogens is 2. The molecule has 1 aromatic heterocycles. The average molecular weight is 286 g/mol. The highest BCUT2D eigenvalue weighted by Crippen LogP contribution is 2.13. The van der Waals surface area contributed by atoms with Crippen molar-refractivity contribution in [3.63, 3.8) is 0 Å². The molecule has 1 N–H and O–H groups in total. The molecule has 0 radical (unpaired) electrons. The van der Waals surface area contributed by atoms with Crippen LogP contribution in [0.15, 0.2) is 12.4 Å². The van der Waals surface area contributed by atoms with Crippen LogP contribution >= 0.6 is 12.4 Å². The van der Waals surface area contributed by atoms with E-state index in [4.69, 9.17) is 0 Å². The van der Waals surface area contributed by atoms with Crippen LogP contribution in [0.4, 0.5) is 5.95 Å². The van der Waals surface area contributed by atoms with E-state index in [0.29, 0.717) is 6.04 Å². The Bertz CT molecular complexity index is 368. The summed E-state index contributed by atoms with van der Waals surface area (Å²) >= 11 is 0. The van der Waals surface area contributed by atoms with Gasteiger partial charge in [-0.05, 0) is 26.4 Å². The van der Waals surface area contributed by atoms with Gasteiger partial charge in [0.2, 0.25) is 5.95 Å². The Kier molecular flexibility index (Phi) is 6.48. The number of halogens is 1. The molecular formula is C13H24ClN5. The lowest BCUT2D eigenvalue weighted by molar-refractivity contribution is 0.187. The summed E-state index contributed by atoms with van der Waals surface area (Å²) in [6.07, 6.45) is 6.42. The highest BCUT2D eigenvalue weighted by molar-refractivity contribution is 5.85. The van der Waals surface area contributed by atoms with Crippen LogP contribution in [-0.2, 0) is 6.54 Å². The molecule has 0 saturated carbocycles. The largest absolute Gasteiger partial charge is 0.347 e. The van der Waals surface area contributed by atoms with Crippen molar-refractivity contribution in [3.8, 4) is 0 Å². The monoisotopic (exact) mass is 285 g/mol. The van der Waals surface area contributed by atoms with E-state index in [1.807, 2.05) is 38.4 Å². The topological polar surface area (TPSA) is 44.3 Å². The van der Waals surface area contributed by atoms with Gasteiger partial charge in [0.05, 0.1) is 0 Å². The number of piperidine rings is 1. The van der Waals surface area contributed by atoms with Crippen LogP contribution in [0.1, 0.15) is 18.4 Å². The van der Waals surface area contributed by atoms with Crippen molar-refractivity contribution >= 4 is 18.4 Å². The number of likely N-dealkylation sites (tertiary alicyclic amines) is 1. The molecule has 1 saturated heterocycles. The van der Waals surface area contributed by atoms with Gasteiger partial charge in [0.1, 0.15) is 0 Å². The number of nitrogens with zero attached hydrogens (tertiary/aromatic N) is 4. The molecule has 1 unspecified atom stereocenters. The van der Waals surface area contributed by atoms with E-state index >= 15 is 0 Å². The Hall–Kier alpha value is -0.910. The third-order valence-electron chi connectivity index (χ3n) is 3.41. The van der Waals surface area contributed by atoms with E-state index in [9.17, 15) is 0 Å². The Balaban J connectivity index is 0.00000180. The van der Waals surface area contributed by atoms with Gasteiger partial charge in [-0.2, -0.15) is 0 Å². The Morgan fingerprint density at radius 1 is 1.37 bits per heavy atom. The first-order valence-electron chi connectivity index (χ1n) is 6.57. The van der Waals surface area contributed by atoms with Gasteiger partial charge >= 0.3 is 0 Å². The number of likely N-dealkylation sites (N-methyl/N-ethyl adjacent to an activating group) is 1. The molecule has 1 aliphatic rings. The third-order valence-corrected chi connectivity index (χ3v) is 3.41. The van der Waals surface area contributed by atoms with Gasteiger partial charge in [-0.3, -0.25) is 4.90 Å². The standard InChI is InChI=1S/C13H23N5.ClH/c1-14-12-5-4-6-18(10-12)9-11-7-15-13(16-8-11)17(2)3;/h7-8,12,14H,4-6,9-10H2,1-3H3;1H. The second-order valence-electron chi connectivity index (χ2n) is 5.15. The lowest BCUT2D eigenvalue weighted by Gasteiger charge is -2.32. The normalized spacial score (nSPS) is 19.8. The summed E-state index contributed by atoms with van der Waals surface area (Å²) in [5, 5.41) is 3.36. The van der Waals surface area contributed by atoms with Gasteiger partial charge in [-0.25, -0.2) is 9.97 Å². The molecule has 0 aliphatic carbocycles. The number of rotatable bonds is 4.